The minimum absolute atomic E-state index is 0.635. The van der Waals surface area contributed by atoms with E-state index in [1.807, 2.05) is 30.3 Å². The average molecular weight is 365 g/mol. The fraction of sp³-hybridized carbons (Fsp3) is 0.318. The Morgan fingerprint density at radius 3 is 2.69 bits per heavy atom. The zero-order valence-corrected chi connectivity index (χ0v) is 16.0. The molecule has 26 heavy (non-hydrogen) atoms. The highest BCUT2D eigenvalue weighted by atomic mass is 32.2. The van der Waals surface area contributed by atoms with Crippen LogP contribution >= 0.6 is 0 Å². The molecule has 0 amide bonds. The van der Waals surface area contributed by atoms with Crippen LogP contribution in [0.2, 0.25) is 0 Å². The normalized spacial score (nSPS) is 15.2. The predicted molar refractivity (Wildman–Crippen MR) is 106 cm³/mol. The van der Waals surface area contributed by atoms with E-state index in [0.717, 1.165) is 45.0 Å². The first-order valence-electron chi connectivity index (χ1n) is 9.18. The molecule has 0 saturated heterocycles. The average Bonchev–Trinajstić information content (AvgIpc) is 3.47. The minimum Gasteiger partial charge on any atom is -0.456 e. The van der Waals surface area contributed by atoms with Gasteiger partial charge in [0.2, 0.25) is 0 Å². The predicted octanol–water partition coefficient (Wildman–Crippen LogP) is 5.42. The Morgan fingerprint density at radius 2 is 1.96 bits per heavy atom. The van der Waals surface area contributed by atoms with Gasteiger partial charge in [0.1, 0.15) is 11.5 Å². The molecule has 4 heteroatoms. The van der Waals surface area contributed by atoms with Gasteiger partial charge in [-0.25, -0.2) is 0 Å². The van der Waals surface area contributed by atoms with Gasteiger partial charge in [0, 0.05) is 22.2 Å². The molecule has 0 aliphatic heterocycles. The van der Waals surface area contributed by atoms with Crippen molar-refractivity contribution in [2.75, 3.05) is 5.75 Å². The molecule has 0 N–H and O–H groups in total. The Bertz CT molecular complexity index is 979. The molecule has 0 radical (unpaired) electrons. The summed E-state index contributed by atoms with van der Waals surface area (Å²) in [4.78, 5) is 5.29. The molecule has 3 nitrogen and oxygen atoms in total. The van der Waals surface area contributed by atoms with Gasteiger partial charge in [0.05, 0.1) is 16.3 Å². The van der Waals surface area contributed by atoms with E-state index in [2.05, 4.69) is 31.0 Å². The number of nitrogens with zero attached hydrogens (tertiary/aromatic N) is 1. The Morgan fingerprint density at radius 1 is 1.12 bits per heavy atom. The van der Waals surface area contributed by atoms with Crippen LogP contribution in [0.4, 0.5) is 0 Å². The Balaban J connectivity index is 1.68. The van der Waals surface area contributed by atoms with E-state index in [4.69, 9.17) is 4.74 Å². The molecule has 1 aliphatic carbocycles. The van der Waals surface area contributed by atoms with Crippen LogP contribution in [0.5, 0.6) is 11.5 Å². The van der Waals surface area contributed by atoms with Gasteiger partial charge in [0.25, 0.3) is 0 Å². The molecule has 1 aromatic heterocycles. The van der Waals surface area contributed by atoms with Gasteiger partial charge in [-0.1, -0.05) is 19.1 Å². The van der Waals surface area contributed by atoms with Crippen LogP contribution in [-0.4, -0.2) is 14.9 Å². The molecule has 1 atom stereocenters. The summed E-state index contributed by atoms with van der Waals surface area (Å²) in [5.74, 6) is 3.00. The van der Waals surface area contributed by atoms with Gasteiger partial charge < -0.3 is 4.74 Å². The Labute approximate surface area is 156 Å². The quantitative estimate of drug-likeness (QED) is 0.586. The largest absolute Gasteiger partial charge is 0.456 e. The smallest absolute Gasteiger partial charge is 0.138 e. The van der Waals surface area contributed by atoms with Gasteiger partial charge >= 0.3 is 0 Å². The molecule has 1 unspecified atom stereocenters. The fourth-order valence-electron chi connectivity index (χ4n) is 3.09. The zero-order valence-electron chi connectivity index (χ0n) is 15.2. The highest BCUT2D eigenvalue weighted by Crippen LogP contribution is 2.34. The van der Waals surface area contributed by atoms with Crippen LogP contribution in [0, 0.1) is 12.8 Å². The molecule has 1 aliphatic rings. The van der Waals surface area contributed by atoms with Crippen LogP contribution in [-0.2, 0) is 17.2 Å². The van der Waals surface area contributed by atoms with Crippen LogP contribution in [0.15, 0.2) is 53.6 Å². The van der Waals surface area contributed by atoms with Crippen molar-refractivity contribution >= 4 is 21.7 Å². The van der Waals surface area contributed by atoms with Crippen molar-refractivity contribution in [2.24, 2.45) is 5.92 Å². The van der Waals surface area contributed by atoms with Gasteiger partial charge in [-0.3, -0.25) is 9.19 Å². The van der Waals surface area contributed by atoms with Crippen molar-refractivity contribution in [1.29, 1.82) is 0 Å². The zero-order chi connectivity index (χ0) is 18.1. The van der Waals surface area contributed by atoms with Crippen LogP contribution in [0.3, 0.4) is 0 Å². The number of rotatable bonds is 6. The van der Waals surface area contributed by atoms with Crippen LogP contribution < -0.4 is 4.74 Å². The molecule has 1 heterocycles. The Kier molecular flexibility index (Phi) is 4.77. The van der Waals surface area contributed by atoms with E-state index in [-0.39, 0.29) is 0 Å². The number of pyridine rings is 1. The number of aromatic nitrogens is 1. The highest BCUT2D eigenvalue weighted by molar-refractivity contribution is 7.85. The number of hydrogen-bond donors (Lipinski definition) is 0. The number of aryl methyl sites for hydroxylation is 2. The third kappa shape index (κ3) is 3.65. The Hall–Kier alpha value is -2.20. The lowest BCUT2D eigenvalue weighted by Crippen LogP contribution is -2.00. The van der Waals surface area contributed by atoms with Crippen molar-refractivity contribution < 1.29 is 8.95 Å². The molecule has 1 fully saturated rings. The van der Waals surface area contributed by atoms with Crippen molar-refractivity contribution in [3.63, 3.8) is 0 Å². The maximum atomic E-state index is 12.6. The minimum atomic E-state index is -0.954. The summed E-state index contributed by atoms with van der Waals surface area (Å²) in [6.07, 6.45) is 5.19. The second-order valence-corrected chi connectivity index (χ2v) is 8.49. The summed E-state index contributed by atoms with van der Waals surface area (Å²) in [6.45, 7) is 4.21. The number of ether oxygens (including phenoxy) is 1. The van der Waals surface area contributed by atoms with Crippen molar-refractivity contribution in [1.82, 2.24) is 4.98 Å². The lowest BCUT2D eigenvalue weighted by molar-refractivity contribution is 0.483. The SMILES string of the molecule is CCc1ccc(Oc2ccnc3ccc(S(=O)CC4CC4)cc23)c(C)c1. The highest BCUT2D eigenvalue weighted by Gasteiger charge is 2.24. The first-order chi connectivity index (χ1) is 12.6. The molecule has 0 bridgehead atoms. The van der Waals surface area contributed by atoms with Gasteiger partial charge in [0.15, 0.2) is 0 Å². The summed E-state index contributed by atoms with van der Waals surface area (Å²) in [5, 5.41) is 0.910. The van der Waals surface area contributed by atoms with Crippen molar-refractivity contribution in [2.45, 2.75) is 38.0 Å². The van der Waals surface area contributed by atoms with Crippen molar-refractivity contribution in [3.8, 4) is 11.5 Å². The lowest BCUT2D eigenvalue weighted by Gasteiger charge is -2.12. The summed E-state index contributed by atoms with van der Waals surface area (Å²) >= 11 is 0. The monoisotopic (exact) mass is 365 g/mol. The van der Waals surface area contributed by atoms with Gasteiger partial charge in [-0.05, 0) is 73.6 Å². The van der Waals surface area contributed by atoms with Gasteiger partial charge in [-0.2, -0.15) is 0 Å². The molecule has 3 aromatic rings. The van der Waals surface area contributed by atoms with Crippen LogP contribution in [0.1, 0.15) is 30.9 Å². The third-order valence-electron chi connectivity index (χ3n) is 4.89. The number of fused-ring (bicyclic) bond motifs is 1. The lowest BCUT2D eigenvalue weighted by atomic mass is 10.1. The second-order valence-electron chi connectivity index (χ2n) is 7.00. The second kappa shape index (κ2) is 7.20. The maximum Gasteiger partial charge on any atom is 0.138 e. The molecule has 1 saturated carbocycles. The summed E-state index contributed by atoms with van der Waals surface area (Å²) in [5.41, 5.74) is 3.27. The number of benzene rings is 2. The molecular weight excluding hydrogens is 342 g/mol. The molecule has 4 rings (SSSR count). The van der Waals surface area contributed by atoms with E-state index >= 15 is 0 Å². The fourth-order valence-corrected chi connectivity index (χ4v) is 4.51. The first-order valence-corrected chi connectivity index (χ1v) is 10.5. The summed E-state index contributed by atoms with van der Waals surface area (Å²) in [7, 11) is -0.954. The topological polar surface area (TPSA) is 39.2 Å². The summed E-state index contributed by atoms with van der Waals surface area (Å²) in [6, 6.07) is 14.0. The third-order valence-corrected chi connectivity index (χ3v) is 6.44. The van der Waals surface area contributed by atoms with E-state index in [1.165, 1.54) is 18.4 Å². The number of hydrogen-bond acceptors (Lipinski definition) is 3. The molecule has 134 valence electrons. The standard InChI is InChI=1S/C22H23NO2S/c1-3-16-6-9-21(15(2)12-16)25-22-10-11-23-20-8-7-18(13-19(20)22)26(24)14-17-4-5-17/h6-13,17H,3-5,14H2,1-2H3. The van der Waals surface area contributed by atoms with Crippen molar-refractivity contribution in [3.05, 3.63) is 59.8 Å². The molecule has 0 spiro atoms. The first kappa shape index (κ1) is 17.2. The van der Waals surface area contributed by atoms with Crippen LogP contribution in [0.25, 0.3) is 10.9 Å². The van der Waals surface area contributed by atoms with Gasteiger partial charge in [-0.15, -0.1) is 0 Å². The molecular formula is C22H23NO2S. The van der Waals surface area contributed by atoms with E-state index in [9.17, 15) is 4.21 Å². The maximum absolute atomic E-state index is 12.6. The van der Waals surface area contributed by atoms with E-state index in [1.54, 1.807) is 6.20 Å². The summed E-state index contributed by atoms with van der Waals surface area (Å²) < 4.78 is 18.8. The van der Waals surface area contributed by atoms with E-state index < -0.39 is 10.8 Å². The van der Waals surface area contributed by atoms with E-state index in [0.29, 0.717) is 5.92 Å². The molecule has 2 aromatic carbocycles.